The summed E-state index contributed by atoms with van der Waals surface area (Å²) in [6.07, 6.45) is 2.40. The van der Waals surface area contributed by atoms with Crippen molar-refractivity contribution < 1.29 is 9.53 Å². The van der Waals surface area contributed by atoms with Crippen molar-refractivity contribution in [3.8, 4) is 0 Å². The lowest BCUT2D eigenvalue weighted by Crippen LogP contribution is -2.44. The average Bonchev–Trinajstić information content (AvgIpc) is 2.18. The second kappa shape index (κ2) is 5.61. The zero-order valence-electron chi connectivity index (χ0n) is 8.90. The zero-order valence-corrected chi connectivity index (χ0v) is 9.80. The molecule has 0 spiro atoms. The van der Waals surface area contributed by atoms with E-state index in [0.29, 0.717) is 25.6 Å². The summed E-state index contributed by atoms with van der Waals surface area (Å²) >= 11 is 3.83. The maximum absolute atomic E-state index is 11.0. The van der Waals surface area contributed by atoms with Gasteiger partial charge in [-0.1, -0.05) is 32.9 Å². The molecule has 2 atom stereocenters. The Morgan fingerprint density at radius 2 is 2.43 bits per heavy atom. The van der Waals surface area contributed by atoms with Gasteiger partial charge in [-0.3, -0.25) is 4.79 Å². The van der Waals surface area contributed by atoms with Crippen LogP contribution in [-0.4, -0.2) is 35.9 Å². The summed E-state index contributed by atoms with van der Waals surface area (Å²) in [6, 6.07) is 0. The number of thiol groups is 1. The van der Waals surface area contributed by atoms with E-state index in [9.17, 15) is 4.79 Å². The van der Waals surface area contributed by atoms with Crippen LogP contribution in [0.25, 0.3) is 0 Å². The Kier molecular flexibility index (Phi) is 4.75. The predicted molar refractivity (Wildman–Crippen MR) is 59.8 cm³/mol. The van der Waals surface area contributed by atoms with Crippen LogP contribution in [0.1, 0.15) is 26.7 Å². The minimum Gasteiger partial charge on any atom is -0.375 e. The van der Waals surface area contributed by atoms with Crippen molar-refractivity contribution in [2.24, 2.45) is 5.92 Å². The first kappa shape index (κ1) is 11.9. The van der Waals surface area contributed by atoms with Gasteiger partial charge in [0.05, 0.1) is 12.7 Å². The lowest BCUT2D eigenvalue weighted by Gasteiger charge is -2.32. The number of ether oxygens (including phenoxy) is 1. The van der Waals surface area contributed by atoms with Crippen molar-refractivity contribution in [1.82, 2.24) is 4.90 Å². The van der Waals surface area contributed by atoms with Crippen molar-refractivity contribution in [2.75, 3.05) is 19.7 Å². The van der Waals surface area contributed by atoms with Gasteiger partial charge < -0.3 is 9.64 Å². The van der Waals surface area contributed by atoms with E-state index in [1.54, 1.807) is 4.90 Å². The quantitative estimate of drug-likeness (QED) is 0.734. The molecule has 1 fully saturated rings. The number of morpholine rings is 1. The summed E-state index contributed by atoms with van der Waals surface area (Å²) in [6.45, 7) is 6.42. The SMILES string of the molecule is CCC(C)CC1CN(C(=O)S)CCO1. The molecule has 82 valence electrons. The highest BCUT2D eigenvalue weighted by Crippen LogP contribution is 2.17. The molecule has 0 aromatic carbocycles. The second-order valence-corrected chi connectivity index (χ2v) is 4.35. The van der Waals surface area contributed by atoms with E-state index < -0.39 is 0 Å². The van der Waals surface area contributed by atoms with E-state index >= 15 is 0 Å². The van der Waals surface area contributed by atoms with Crippen LogP contribution in [0.4, 0.5) is 4.79 Å². The van der Waals surface area contributed by atoms with Gasteiger partial charge in [-0.05, 0) is 12.3 Å². The molecular formula is C10H19NO2S. The molecule has 0 radical (unpaired) electrons. The number of carbonyl (C=O) groups is 1. The summed E-state index contributed by atoms with van der Waals surface area (Å²) in [5.41, 5.74) is 0. The molecule has 0 aromatic heterocycles. The Hall–Kier alpha value is -0.220. The van der Waals surface area contributed by atoms with E-state index in [2.05, 4.69) is 26.5 Å². The molecule has 1 amide bonds. The van der Waals surface area contributed by atoms with E-state index in [4.69, 9.17) is 4.74 Å². The van der Waals surface area contributed by atoms with E-state index in [1.165, 1.54) is 0 Å². The van der Waals surface area contributed by atoms with Crippen LogP contribution in [0.15, 0.2) is 0 Å². The van der Waals surface area contributed by atoms with Gasteiger partial charge in [0.2, 0.25) is 0 Å². The Labute approximate surface area is 91.2 Å². The monoisotopic (exact) mass is 217 g/mol. The highest BCUT2D eigenvalue weighted by molar-refractivity contribution is 7.96. The largest absolute Gasteiger partial charge is 0.375 e. The van der Waals surface area contributed by atoms with Crippen LogP contribution in [0.3, 0.4) is 0 Å². The van der Waals surface area contributed by atoms with Crippen molar-refractivity contribution in [2.45, 2.75) is 32.8 Å². The van der Waals surface area contributed by atoms with Gasteiger partial charge in [0, 0.05) is 13.1 Å². The first-order chi connectivity index (χ1) is 6.63. The van der Waals surface area contributed by atoms with Crippen LogP contribution >= 0.6 is 12.6 Å². The Morgan fingerprint density at radius 1 is 1.71 bits per heavy atom. The van der Waals surface area contributed by atoms with Gasteiger partial charge in [-0.25, -0.2) is 0 Å². The maximum Gasteiger partial charge on any atom is 0.278 e. The number of hydrogen-bond donors (Lipinski definition) is 1. The first-order valence-corrected chi connectivity index (χ1v) is 5.67. The molecule has 0 saturated carbocycles. The van der Waals surface area contributed by atoms with Crippen molar-refractivity contribution in [3.63, 3.8) is 0 Å². The summed E-state index contributed by atoms with van der Waals surface area (Å²) < 4.78 is 5.60. The zero-order chi connectivity index (χ0) is 10.6. The highest BCUT2D eigenvalue weighted by Gasteiger charge is 2.23. The number of rotatable bonds is 3. The third-order valence-corrected chi connectivity index (χ3v) is 3.05. The fourth-order valence-electron chi connectivity index (χ4n) is 1.65. The molecule has 0 N–H and O–H groups in total. The van der Waals surface area contributed by atoms with Crippen molar-refractivity contribution >= 4 is 17.9 Å². The Bertz CT molecular complexity index is 199. The molecule has 3 nitrogen and oxygen atoms in total. The van der Waals surface area contributed by atoms with Gasteiger partial charge in [-0.15, -0.1) is 0 Å². The number of amides is 1. The average molecular weight is 217 g/mol. The topological polar surface area (TPSA) is 29.5 Å². The predicted octanol–water partition coefficient (Wildman–Crippen LogP) is 2.17. The fourth-order valence-corrected chi connectivity index (χ4v) is 1.83. The Morgan fingerprint density at radius 3 is 3.00 bits per heavy atom. The first-order valence-electron chi connectivity index (χ1n) is 5.23. The standard InChI is InChI=1S/C10H19NO2S/c1-3-8(2)6-9-7-11(10(12)14)4-5-13-9/h8-9H,3-7H2,1-2H3,(H,12,14). The third kappa shape index (κ3) is 3.50. The molecule has 0 aliphatic carbocycles. The van der Waals surface area contributed by atoms with Crippen LogP contribution in [0.2, 0.25) is 0 Å². The smallest absolute Gasteiger partial charge is 0.278 e. The highest BCUT2D eigenvalue weighted by atomic mass is 32.1. The summed E-state index contributed by atoms with van der Waals surface area (Å²) in [5.74, 6) is 0.662. The lowest BCUT2D eigenvalue weighted by atomic mass is 10.0. The molecule has 1 aliphatic rings. The number of carbonyl (C=O) groups excluding carboxylic acids is 1. The van der Waals surface area contributed by atoms with Crippen molar-refractivity contribution in [1.29, 1.82) is 0 Å². The van der Waals surface area contributed by atoms with Gasteiger partial charge in [0.25, 0.3) is 5.24 Å². The normalized spacial score (nSPS) is 24.8. The Balaban J connectivity index is 2.36. The molecule has 1 heterocycles. The van der Waals surface area contributed by atoms with E-state index in [1.807, 2.05) is 0 Å². The summed E-state index contributed by atoms with van der Waals surface area (Å²) in [5, 5.41) is -0.137. The van der Waals surface area contributed by atoms with Crippen LogP contribution < -0.4 is 0 Å². The van der Waals surface area contributed by atoms with Crippen LogP contribution in [-0.2, 0) is 4.74 Å². The van der Waals surface area contributed by atoms with E-state index in [0.717, 1.165) is 12.8 Å². The van der Waals surface area contributed by atoms with Gasteiger partial charge in [0.1, 0.15) is 0 Å². The molecular weight excluding hydrogens is 198 g/mol. The molecule has 2 unspecified atom stereocenters. The lowest BCUT2D eigenvalue weighted by molar-refractivity contribution is -0.0213. The van der Waals surface area contributed by atoms with Crippen molar-refractivity contribution in [3.05, 3.63) is 0 Å². The molecule has 14 heavy (non-hydrogen) atoms. The molecule has 1 aliphatic heterocycles. The second-order valence-electron chi connectivity index (χ2n) is 3.97. The number of hydrogen-bond acceptors (Lipinski definition) is 2. The molecule has 1 rings (SSSR count). The van der Waals surface area contributed by atoms with E-state index in [-0.39, 0.29) is 11.3 Å². The minimum atomic E-state index is -0.137. The van der Waals surface area contributed by atoms with Crippen LogP contribution in [0, 0.1) is 5.92 Å². The third-order valence-electron chi connectivity index (χ3n) is 2.77. The van der Waals surface area contributed by atoms with Gasteiger partial charge in [0.15, 0.2) is 0 Å². The molecule has 1 saturated heterocycles. The van der Waals surface area contributed by atoms with Crippen LogP contribution in [0.5, 0.6) is 0 Å². The molecule has 4 heteroatoms. The van der Waals surface area contributed by atoms with Gasteiger partial charge in [-0.2, -0.15) is 0 Å². The summed E-state index contributed by atoms with van der Waals surface area (Å²) in [4.78, 5) is 12.8. The minimum absolute atomic E-state index is 0.137. The molecule has 0 bridgehead atoms. The van der Waals surface area contributed by atoms with Gasteiger partial charge >= 0.3 is 0 Å². The maximum atomic E-state index is 11.0. The molecule has 0 aromatic rings. The fraction of sp³-hybridized carbons (Fsp3) is 0.900. The summed E-state index contributed by atoms with van der Waals surface area (Å²) in [7, 11) is 0. The number of nitrogens with zero attached hydrogens (tertiary/aromatic N) is 1.